The molecule has 0 aliphatic heterocycles. The van der Waals surface area contributed by atoms with Gasteiger partial charge in [0.05, 0.1) is 5.71 Å². The molecule has 0 unspecified atom stereocenters. The second-order valence-corrected chi connectivity index (χ2v) is 1.46. The number of nitrogens with zero attached hydrogens (tertiary/aromatic N) is 1. The van der Waals surface area contributed by atoms with Gasteiger partial charge in [0.1, 0.15) is 0 Å². The summed E-state index contributed by atoms with van der Waals surface area (Å²) in [6.45, 7) is 9.89. The smallest absolute Gasteiger partial charge is 0.0817 e. The molecule has 2 nitrogen and oxygen atoms in total. The maximum absolute atomic E-state index is 3.91. The Kier molecular flexibility index (Phi) is 4.50. The quantitative estimate of drug-likeness (QED) is 0.443. The Hall–Kier alpha value is -1.05. The minimum absolute atomic E-state index is 0.775. The Morgan fingerprint density at radius 3 is 2.44 bits per heavy atom. The van der Waals surface area contributed by atoms with Crippen LogP contribution in [0.25, 0.3) is 0 Å². The van der Waals surface area contributed by atoms with E-state index in [1.54, 1.807) is 12.2 Å². The highest BCUT2D eigenvalue weighted by Gasteiger charge is 1.79. The van der Waals surface area contributed by atoms with Crippen LogP contribution in [-0.2, 0) is 0 Å². The highest BCUT2D eigenvalue weighted by atomic mass is 15.3. The lowest BCUT2D eigenvalue weighted by Gasteiger charge is -1.93. The van der Waals surface area contributed by atoms with Gasteiger partial charge in [0.25, 0.3) is 0 Å². The summed E-state index contributed by atoms with van der Waals surface area (Å²) < 4.78 is 0. The number of allylic oxidation sites excluding steroid dienone is 2. The Morgan fingerprint density at radius 1 is 1.56 bits per heavy atom. The van der Waals surface area contributed by atoms with Crippen molar-refractivity contribution >= 4 is 5.71 Å². The van der Waals surface area contributed by atoms with Crippen molar-refractivity contribution in [1.29, 1.82) is 0 Å². The van der Waals surface area contributed by atoms with Crippen molar-refractivity contribution in [3.63, 3.8) is 0 Å². The highest BCUT2D eigenvalue weighted by molar-refractivity contribution is 6.02. The number of nitrogens with one attached hydrogen (secondary N) is 1. The largest absolute Gasteiger partial charge is 0.310 e. The summed E-state index contributed by atoms with van der Waals surface area (Å²) >= 11 is 0. The minimum Gasteiger partial charge on any atom is -0.310 e. The van der Waals surface area contributed by atoms with Gasteiger partial charge in [-0.3, -0.25) is 0 Å². The lowest BCUT2D eigenvalue weighted by molar-refractivity contribution is 0.785. The van der Waals surface area contributed by atoms with Gasteiger partial charge in [-0.05, 0) is 19.1 Å². The average Bonchev–Trinajstić information content (AvgIpc) is 1.91. The van der Waals surface area contributed by atoms with Crippen LogP contribution in [0, 0.1) is 0 Å². The Bertz CT molecular complexity index is 115. The maximum Gasteiger partial charge on any atom is 0.0817 e. The molecule has 0 atom stereocenters. The van der Waals surface area contributed by atoms with E-state index >= 15 is 0 Å². The van der Waals surface area contributed by atoms with Crippen molar-refractivity contribution in [3.05, 3.63) is 25.3 Å². The van der Waals surface area contributed by atoms with Gasteiger partial charge in [0, 0.05) is 6.54 Å². The van der Waals surface area contributed by atoms with Gasteiger partial charge in [0.2, 0.25) is 0 Å². The van der Waals surface area contributed by atoms with Gasteiger partial charge < -0.3 is 5.43 Å². The zero-order chi connectivity index (χ0) is 7.11. The molecule has 9 heavy (non-hydrogen) atoms. The molecule has 0 aromatic heterocycles. The second kappa shape index (κ2) is 5.09. The minimum atomic E-state index is 0.775. The second-order valence-electron chi connectivity index (χ2n) is 1.46. The molecule has 0 bridgehead atoms. The van der Waals surface area contributed by atoms with E-state index in [2.05, 4.69) is 23.7 Å². The van der Waals surface area contributed by atoms with E-state index in [0.717, 1.165) is 12.3 Å². The summed E-state index contributed by atoms with van der Waals surface area (Å²) in [4.78, 5) is 0. The predicted molar refractivity (Wildman–Crippen MR) is 41.5 cm³/mol. The van der Waals surface area contributed by atoms with Gasteiger partial charge in [-0.1, -0.05) is 13.2 Å². The average molecular weight is 124 g/mol. The fourth-order valence-corrected chi connectivity index (χ4v) is 0.345. The highest BCUT2D eigenvalue weighted by Crippen LogP contribution is 1.77. The summed E-state index contributed by atoms with van der Waals surface area (Å²) in [6, 6.07) is 0. The van der Waals surface area contributed by atoms with Crippen LogP contribution in [-0.4, -0.2) is 12.3 Å². The van der Waals surface area contributed by atoms with E-state index in [1.807, 2.05) is 6.92 Å². The first kappa shape index (κ1) is 7.95. The number of hydrazone groups is 1. The first-order valence-corrected chi connectivity index (χ1v) is 2.90. The molecule has 0 amide bonds. The van der Waals surface area contributed by atoms with Crippen LogP contribution in [0.2, 0.25) is 0 Å². The standard InChI is InChI=1S/C7H12N2/c1-4-7(5-2)9-8-6-3/h4-5,8H,1-2,6H2,3H3. The monoisotopic (exact) mass is 124 g/mol. The van der Waals surface area contributed by atoms with Crippen molar-refractivity contribution < 1.29 is 0 Å². The third-order valence-electron chi connectivity index (χ3n) is 0.785. The van der Waals surface area contributed by atoms with Crippen molar-refractivity contribution in [2.24, 2.45) is 5.10 Å². The van der Waals surface area contributed by atoms with Gasteiger partial charge in [-0.2, -0.15) is 5.10 Å². The van der Waals surface area contributed by atoms with Crippen LogP contribution in [0.3, 0.4) is 0 Å². The van der Waals surface area contributed by atoms with Gasteiger partial charge in [-0.25, -0.2) is 0 Å². The third kappa shape index (κ3) is 3.53. The topological polar surface area (TPSA) is 24.4 Å². The van der Waals surface area contributed by atoms with Crippen LogP contribution in [0.5, 0.6) is 0 Å². The SMILES string of the molecule is C=CC(C=C)=NNCC. The zero-order valence-corrected chi connectivity index (χ0v) is 5.72. The predicted octanol–water partition coefficient (Wildman–Crippen LogP) is 1.32. The van der Waals surface area contributed by atoms with Gasteiger partial charge in [-0.15, -0.1) is 0 Å². The van der Waals surface area contributed by atoms with E-state index in [1.165, 1.54) is 0 Å². The molecule has 0 saturated heterocycles. The molecule has 0 aromatic carbocycles. The zero-order valence-electron chi connectivity index (χ0n) is 5.72. The van der Waals surface area contributed by atoms with Crippen LogP contribution in [0.15, 0.2) is 30.4 Å². The van der Waals surface area contributed by atoms with E-state index in [4.69, 9.17) is 0 Å². The molecule has 0 saturated carbocycles. The van der Waals surface area contributed by atoms with Crippen molar-refractivity contribution in [1.82, 2.24) is 5.43 Å². The molecule has 0 aromatic rings. The molecule has 0 spiro atoms. The molecule has 0 fully saturated rings. The van der Waals surface area contributed by atoms with Crippen LogP contribution >= 0.6 is 0 Å². The maximum atomic E-state index is 3.91. The van der Waals surface area contributed by atoms with E-state index < -0.39 is 0 Å². The van der Waals surface area contributed by atoms with Gasteiger partial charge >= 0.3 is 0 Å². The van der Waals surface area contributed by atoms with Crippen LogP contribution in [0.1, 0.15) is 6.92 Å². The number of hydrogen-bond donors (Lipinski definition) is 1. The summed E-state index contributed by atoms with van der Waals surface area (Å²) in [5.41, 5.74) is 3.57. The van der Waals surface area contributed by atoms with E-state index in [9.17, 15) is 0 Å². The summed E-state index contributed by atoms with van der Waals surface area (Å²) in [5, 5.41) is 3.91. The Balaban J connectivity index is 3.75. The molecule has 0 aliphatic rings. The fourth-order valence-electron chi connectivity index (χ4n) is 0.345. The molecule has 2 heteroatoms. The molecular weight excluding hydrogens is 112 g/mol. The third-order valence-corrected chi connectivity index (χ3v) is 0.785. The Morgan fingerprint density at radius 2 is 2.11 bits per heavy atom. The normalized spacial score (nSPS) is 7.67. The lowest BCUT2D eigenvalue weighted by Crippen LogP contribution is -2.05. The molecule has 0 aliphatic carbocycles. The summed E-state index contributed by atoms with van der Waals surface area (Å²) in [5.74, 6) is 0. The van der Waals surface area contributed by atoms with Crippen LogP contribution < -0.4 is 5.43 Å². The van der Waals surface area contributed by atoms with E-state index in [-0.39, 0.29) is 0 Å². The van der Waals surface area contributed by atoms with Gasteiger partial charge in [0.15, 0.2) is 0 Å². The first-order chi connectivity index (χ1) is 4.35. The summed E-state index contributed by atoms with van der Waals surface area (Å²) in [7, 11) is 0. The molecule has 0 heterocycles. The number of rotatable bonds is 4. The lowest BCUT2D eigenvalue weighted by atomic mass is 10.4. The molecular formula is C7H12N2. The molecule has 0 rings (SSSR count). The van der Waals surface area contributed by atoms with Crippen LogP contribution in [0.4, 0.5) is 0 Å². The fraction of sp³-hybridized carbons (Fsp3) is 0.286. The number of hydrogen-bond acceptors (Lipinski definition) is 2. The molecule has 0 radical (unpaired) electrons. The molecule has 1 N–H and O–H groups in total. The van der Waals surface area contributed by atoms with Crippen molar-refractivity contribution in [2.75, 3.05) is 6.54 Å². The van der Waals surface area contributed by atoms with E-state index in [0.29, 0.717) is 0 Å². The van der Waals surface area contributed by atoms with Crippen molar-refractivity contribution in [3.8, 4) is 0 Å². The van der Waals surface area contributed by atoms with Crippen molar-refractivity contribution in [2.45, 2.75) is 6.92 Å². The molecule has 50 valence electrons. The summed E-state index contributed by atoms with van der Waals surface area (Å²) in [6.07, 6.45) is 3.30. The Labute approximate surface area is 56.0 Å². The first-order valence-electron chi connectivity index (χ1n) is 2.90.